The number of hydrogen-bond donors (Lipinski definition) is 2. The molecule has 0 aliphatic rings. The van der Waals surface area contributed by atoms with Crippen molar-refractivity contribution in [3.63, 3.8) is 0 Å². The molecule has 0 bridgehead atoms. The number of nitrogens with one attached hydrogen (secondary N) is 1. The van der Waals surface area contributed by atoms with Crippen molar-refractivity contribution in [2.75, 3.05) is 0 Å². The first-order chi connectivity index (χ1) is 9.99. The Hall–Kier alpha value is -2.21. The number of amides is 1. The highest BCUT2D eigenvalue weighted by atomic mass is 16.5. The lowest BCUT2D eigenvalue weighted by atomic mass is 10.0. The fourth-order valence-electron chi connectivity index (χ4n) is 1.76. The van der Waals surface area contributed by atoms with Crippen molar-refractivity contribution in [1.29, 1.82) is 0 Å². The van der Waals surface area contributed by atoms with Gasteiger partial charge in [0.25, 0.3) is 5.89 Å². The smallest absolute Gasteiger partial charge is 0.257 e. The maximum atomic E-state index is 12.0. The lowest BCUT2D eigenvalue weighted by Gasteiger charge is -2.17. The molecule has 112 valence electrons. The quantitative estimate of drug-likeness (QED) is 0.876. The fourth-order valence-corrected chi connectivity index (χ4v) is 1.76. The number of benzene rings is 1. The lowest BCUT2D eigenvalue weighted by Crippen LogP contribution is -2.39. The molecule has 0 radical (unpaired) electrons. The summed E-state index contributed by atoms with van der Waals surface area (Å²) in [6, 6.07) is 8.95. The molecule has 6 heteroatoms. The Morgan fingerprint density at radius 1 is 1.24 bits per heavy atom. The van der Waals surface area contributed by atoms with Crippen molar-refractivity contribution in [2.24, 2.45) is 11.7 Å². The first-order valence-electron chi connectivity index (χ1n) is 6.94. The topological polar surface area (TPSA) is 94.0 Å². The van der Waals surface area contributed by atoms with Crippen molar-refractivity contribution < 1.29 is 9.32 Å². The van der Waals surface area contributed by atoms with Crippen LogP contribution in [0.15, 0.2) is 34.9 Å². The second kappa shape index (κ2) is 6.49. The highest BCUT2D eigenvalue weighted by Gasteiger charge is 2.22. The molecule has 0 saturated heterocycles. The standard InChI is InChI=1S/C15H20N4O2/c1-9(10(2)16)14(20)17-11(3)13-18-15(21-19-13)12-7-5-4-6-8-12/h4-11H,16H2,1-3H3,(H,17,20). The van der Waals surface area contributed by atoms with Gasteiger partial charge in [0, 0.05) is 17.5 Å². The molecule has 3 N–H and O–H groups in total. The molecule has 2 rings (SSSR count). The first-order valence-corrected chi connectivity index (χ1v) is 6.94. The van der Waals surface area contributed by atoms with Crippen LogP contribution in [0.4, 0.5) is 0 Å². The van der Waals surface area contributed by atoms with Crippen LogP contribution in [0.3, 0.4) is 0 Å². The van der Waals surface area contributed by atoms with Gasteiger partial charge in [0.15, 0.2) is 5.82 Å². The molecule has 21 heavy (non-hydrogen) atoms. The maximum Gasteiger partial charge on any atom is 0.257 e. The van der Waals surface area contributed by atoms with E-state index in [1.165, 1.54) is 0 Å². The van der Waals surface area contributed by atoms with E-state index in [1.54, 1.807) is 13.8 Å². The molecule has 3 atom stereocenters. The molecule has 6 nitrogen and oxygen atoms in total. The van der Waals surface area contributed by atoms with Gasteiger partial charge >= 0.3 is 0 Å². The number of nitrogens with two attached hydrogens (primary N) is 1. The van der Waals surface area contributed by atoms with Crippen LogP contribution in [0.2, 0.25) is 0 Å². The van der Waals surface area contributed by atoms with Crippen LogP contribution in [-0.2, 0) is 4.79 Å². The van der Waals surface area contributed by atoms with Gasteiger partial charge in [-0.25, -0.2) is 0 Å². The summed E-state index contributed by atoms with van der Waals surface area (Å²) in [5.74, 6) is 0.488. The third-order valence-corrected chi connectivity index (χ3v) is 3.41. The summed E-state index contributed by atoms with van der Waals surface area (Å²) in [6.45, 7) is 5.40. The Balaban J connectivity index is 2.06. The van der Waals surface area contributed by atoms with Crippen molar-refractivity contribution in [2.45, 2.75) is 32.9 Å². The van der Waals surface area contributed by atoms with E-state index >= 15 is 0 Å². The van der Waals surface area contributed by atoms with Gasteiger partial charge in [0.1, 0.15) is 0 Å². The minimum atomic E-state index is -0.333. The minimum absolute atomic E-state index is 0.122. The molecule has 1 amide bonds. The molecule has 3 unspecified atom stereocenters. The Morgan fingerprint density at radius 3 is 2.52 bits per heavy atom. The highest BCUT2D eigenvalue weighted by Crippen LogP contribution is 2.19. The summed E-state index contributed by atoms with van der Waals surface area (Å²) < 4.78 is 5.22. The summed E-state index contributed by atoms with van der Waals surface area (Å²) in [7, 11) is 0. The SMILES string of the molecule is CC(NC(=O)C(C)C(C)N)c1noc(-c2ccccc2)n1. The van der Waals surface area contributed by atoms with Crippen molar-refractivity contribution in [3.8, 4) is 11.5 Å². The van der Waals surface area contributed by atoms with Crippen LogP contribution in [-0.4, -0.2) is 22.1 Å². The average molecular weight is 288 g/mol. The molecule has 1 aromatic heterocycles. The molecule has 1 heterocycles. The third-order valence-electron chi connectivity index (χ3n) is 3.41. The number of carbonyl (C=O) groups is 1. The van der Waals surface area contributed by atoms with Gasteiger partial charge < -0.3 is 15.6 Å². The highest BCUT2D eigenvalue weighted by molar-refractivity contribution is 5.79. The molecule has 0 saturated carbocycles. The van der Waals surface area contributed by atoms with Gasteiger partial charge in [0.2, 0.25) is 5.91 Å². The van der Waals surface area contributed by atoms with Gasteiger partial charge in [-0.05, 0) is 26.0 Å². The normalized spacial score (nSPS) is 15.2. The van der Waals surface area contributed by atoms with Gasteiger partial charge in [-0.3, -0.25) is 4.79 Å². The van der Waals surface area contributed by atoms with Crippen molar-refractivity contribution >= 4 is 5.91 Å². The van der Waals surface area contributed by atoms with Crippen LogP contribution in [0, 0.1) is 5.92 Å². The molecule has 0 spiro atoms. The van der Waals surface area contributed by atoms with E-state index in [-0.39, 0.29) is 23.9 Å². The van der Waals surface area contributed by atoms with Crippen LogP contribution >= 0.6 is 0 Å². The van der Waals surface area contributed by atoms with E-state index in [0.29, 0.717) is 11.7 Å². The average Bonchev–Trinajstić information content (AvgIpc) is 2.97. The molecular weight excluding hydrogens is 268 g/mol. The summed E-state index contributed by atoms with van der Waals surface area (Å²) in [5, 5.41) is 6.76. The van der Waals surface area contributed by atoms with E-state index < -0.39 is 0 Å². The third kappa shape index (κ3) is 3.66. The van der Waals surface area contributed by atoms with Gasteiger partial charge in [-0.1, -0.05) is 30.3 Å². The molecule has 2 aromatic rings. The zero-order valence-corrected chi connectivity index (χ0v) is 12.4. The molecule has 0 fully saturated rings. The fraction of sp³-hybridized carbons (Fsp3) is 0.400. The second-order valence-corrected chi connectivity index (χ2v) is 5.20. The minimum Gasteiger partial charge on any atom is -0.346 e. The van der Waals surface area contributed by atoms with Gasteiger partial charge in [0.05, 0.1) is 6.04 Å². The van der Waals surface area contributed by atoms with Crippen molar-refractivity contribution in [3.05, 3.63) is 36.2 Å². The summed E-state index contributed by atoms with van der Waals surface area (Å²) in [5.41, 5.74) is 6.57. The number of rotatable bonds is 5. The van der Waals surface area contributed by atoms with E-state index in [1.807, 2.05) is 37.3 Å². The Bertz CT molecular complexity index is 595. The second-order valence-electron chi connectivity index (χ2n) is 5.20. The monoisotopic (exact) mass is 288 g/mol. The molecular formula is C15H20N4O2. The van der Waals surface area contributed by atoms with Crippen LogP contribution in [0.5, 0.6) is 0 Å². The Morgan fingerprint density at radius 2 is 1.90 bits per heavy atom. The summed E-state index contributed by atoms with van der Waals surface area (Å²) >= 11 is 0. The number of aromatic nitrogens is 2. The van der Waals surface area contributed by atoms with E-state index in [4.69, 9.17) is 10.3 Å². The predicted molar refractivity (Wildman–Crippen MR) is 79.1 cm³/mol. The van der Waals surface area contributed by atoms with Crippen LogP contribution in [0.25, 0.3) is 11.5 Å². The lowest BCUT2D eigenvalue weighted by molar-refractivity contribution is -0.125. The largest absolute Gasteiger partial charge is 0.346 e. The maximum absolute atomic E-state index is 12.0. The predicted octanol–water partition coefficient (Wildman–Crippen LogP) is 1.90. The van der Waals surface area contributed by atoms with E-state index in [2.05, 4.69) is 15.5 Å². The van der Waals surface area contributed by atoms with E-state index in [9.17, 15) is 4.79 Å². The van der Waals surface area contributed by atoms with Crippen molar-refractivity contribution in [1.82, 2.24) is 15.5 Å². The molecule has 1 aromatic carbocycles. The van der Waals surface area contributed by atoms with Crippen LogP contribution < -0.4 is 11.1 Å². The van der Waals surface area contributed by atoms with Gasteiger partial charge in [-0.15, -0.1) is 0 Å². The Labute approximate surface area is 123 Å². The number of nitrogens with zero attached hydrogens (tertiary/aromatic N) is 2. The summed E-state index contributed by atoms with van der Waals surface area (Å²) in [4.78, 5) is 16.3. The number of carbonyl (C=O) groups excluding carboxylic acids is 1. The Kier molecular flexibility index (Phi) is 4.70. The molecule has 0 aliphatic carbocycles. The molecule has 0 aliphatic heterocycles. The van der Waals surface area contributed by atoms with E-state index in [0.717, 1.165) is 5.56 Å². The zero-order chi connectivity index (χ0) is 15.4. The summed E-state index contributed by atoms with van der Waals surface area (Å²) in [6.07, 6.45) is 0. The zero-order valence-electron chi connectivity index (χ0n) is 12.4. The number of hydrogen-bond acceptors (Lipinski definition) is 5. The van der Waals surface area contributed by atoms with Gasteiger partial charge in [-0.2, -0.15) is 4.98 Å². The van der Waals surface area contributed by atoms with Crippen LogP contribution in [0.1, 0.15) is 32.6 Å². The first kappa shape index (κ1) is 15.2.